The second kappa shape index (κ2) is 6.33. The molecule has 1 aromatic heterocycles. The number of hydrogen-bond acceptors (Lipinski definition) is 5. The van der Waals surface area contributed by atoms with Gasteiger partial charge in [0.05, 0.1) is 7.11 Å². The summed E-state index contributed by atoms with van der Waals surface area (Å²) < 4.78 is 10.4. The number of rotatable bonds is 6. The van der Waals surface area contributed by atoms with Crippen LogP contribution in [0, 0.1) is 0 Å². The monoisotopic (exact) mass is 261 g/mol. The molecule has 1 aromatic carbocycles. The Balaban J connectivity index is 2.03. The Hall–Kier alpha value is -1.88. The van der Waals surface area contributed by atoms with Crippen molar-refractivity contribution in [2.24, 2.45) is 0 Å². The fourth-order valence-electron chi connectivity index (χ4n) is 1.70. The predicted octanol–water partition coefficient (Wildman–Crippen LogP) is 2.29. The summed E-state index contributed by atoms with van der Waals surface area (Å²) in [6, 6.07) is 8.08. The second-order valence-electron chi connectivity index (χ2n) is 4.60. The van der Waals surface area contributed by atoms with E-state index in [0.717, 1.165) is 24.3 Å². The van der Waals surface area contributed by atoms with Crippen molar-refractivity contribution in [1.29, 1.82) is 0 Å². The maximum Gasteiger partial charge on any atom is 0.228 e. The molecule has 102 valence electrons. The van der Waals surface area contributed by atoms with E-state index in [0.29, 0.717) is 17.8 Å². The highest BCUT2D eigenvalue weighted by Crippen LogP contribution is 2.21. The smallest absolute Gasteiger partial charge is 0.228 e. The van der Waals surface area contributed by atoms with Gasteiger partial charge in [0.2, 0.25) is 11.7 Å². The van der Waals surface area contributed by atoms with Crippen LogP contribution in [0.5, 0.6) is 5.75 Å². The zero-order chi connectivity index (χ0) is 13.7. The Morgan fingerprint density at radius 3 is 2.95 bits per heavy atom. The Kier molecular flexibility index (Phi) is 4.52. The quantitative estimate of drug-likeness (QED) is 0.864. The van der Waals surface area contributed by atoms with Gasteiger partial charge in [-0.05, 0) is 12.1 Å². The van der Waals surface area contributed by atoms with Gasteiger partial charge in [0.15, 0.2) is 0 Å². The highest BCUT2D eigenvalue weighted by molar-refractivity contribution is 5.56. The molecular weight excluding hydrogens is 242 g/mol. The van der Waals surface area contributed by atoms with Crippen LogP contribution in [-0.4, -0.2) is 29.8 Å². The van der Waals surface area contributed by atoms with E-state index in [2.05, 4.69) is 29.3 Å². The molecule has 0 amide bonds. The van der Waals surface area contributed by atoms with Crippen LogP contribution in [0.25, 0.3) is 11.4 Å². The molecule has 0 radical (unpaired) electrons. The lowest BCUT2D eigenvalue weighted by Gasteiger charge is -2.04. The van der Waals surface area contributed by atoms with Crippen molar-refractivity contribution < 1.29 is 9.26 Å². The highest BCUT2D eigenvalue weighted by Gasteiger charge is 2.09. The normalized spacial score (nSPS) is 10.9. The summed E-state index contributed by atoms with van der Waals surface area (Å²) in [6.07, 6.45) is 0.731. The van der Waals surface area contributed by atoms with Crippen LogP contribution in [0.3, 0.4) is 0 Å². The topological polar surface area (TPSA) is 60.2 Å². The molecule has 5 nitrogen and oxygen atoms in total. The number of nitrogens with zero attached hydrogens (tertiary/aromatic N) is 2. The van der Waals surface area contributed by atoms with Crippen molar-refractivity contribution in [2.75, 3.05) is 13.7 Å². The van der Waals surface area contributed by atoms with Crippen molar-refractivity contribution in [2.45, 2.75) is 26.3 Å². The summed E-state index contributed by atoms with van der Waals surface area (Å²) in [6.45, 7) is 5.04. The summed E-state index contributed by atoms with van der Waals surface area (Å²) in [5, 5.41) is 7.30. The molecule has 19 heavy (non-hydrogen) atoms. The predicted molar refractivity (Wildman–Crippen MR) is 73.1 cm³/mol. The molecule has 0 atom stereocenters. The number of benzene rings is 1. The summed E-state index contributed by atoms with van der Waals surface area (Å²) in [7, 11) is 1.64. The van der Waals surface area contributed by atoms with Gasteiger partial charge in [-0.3, -0.25) is 0 Å². The minimum atomic E-state index is 0.459. The summed E-state index contributed by atoms with van der Waals surface area (Å²) >= 11 is 0. The summed E-state index contributed by atoms with van der Waals surface area (Å²) in [5.41, 5.74) is 0.895. The standard InChI is InChI=1S/C14H19N3O2/c1-10(2)15-8-7-13-16-14(17-19-13)11-5-4-6-12(9-11)18-3/h4-6,9-10,15H,7-8H2,1-3H3. The van der Waals surface area contributed by atoms with E-state index in [1.165, 1.54) is 0 Å². The number of methoxy groups -OCH3 is 1. The van der Waals surface area contributed by atoms with Crippen molar-refractivity contribution in [3.63, 3.8) is 0 Å². The lowest BCUT2D eigenvalue weighted by atomic mass is 10.2. The molecule has 0 saturated heterocycles. The lowest BCUT2D eigenvalue weighted by Crippen LogP contribution is -2.25. The molecular formula is C14H19N3O2. The molecule has 0 aliphatic carbocycles. The average Bonchev–Trinajstić information content (AvgIpc) is 2.87. The number of aromatic nitrogens is 2. The highest BCUT2D eigenvalue weighted by atomic mass is 16.5. The van der Waals surface area contributed by atoms with Crippen LogP contribution in [-0.2, 0) is 6.42 Å². The van der Waals surface area contributed by atoms with Crippen LogP contribution in [0.15, 0.2) is 28.8 Å². The second-order valence-corrected chi connectivity index (χ2v) is 4.60. The summed E-state index contributed by atoms with van der Waals surface area (Å²) in [4.78, 5) is 4.38. The van der Waals surface area contributed by atoms with Crippen LogP contribution >= 0.6 is 0 Å². The van der Waals surface area contributed by atoms with Crippen LogP contribution in [0.2, 0.25) is 0 Å². The van der Waals surface area contributed by atoms with Gasteiger partial charge in [0, 0.05) is 24.6 Å². The minimum Gasteiger partial charge on any atom is -0.497 e. The molecule has 2 aromatic rings. The van der Waals surface area contributed by atoms with E-state index in [9.17, 15) is 0 Å². The molecule has 0 fully saturated rings. The first-order chi connectivity index (χ1) is 9.19. The van der Waals surface area contributed by atoms with Gasteiger partial charge < -0.3 is 14.6 Å². The lowest BCUT2D eigenvalue weighted by molar-refractivity contribution is 0.374. The molecule has 0 spiro atoms. The Morgan fingerprint density at radius 2 is 2.21 bits per heavy atom. The van der Waals surface area contributed by atoms with Crippen molar-refractivity contribution in [3.8, 4) is 17.1 Å². The van der Waals surface area contributed by atoms with Crippen molar-refractivity contribution in [3.05, 3.63) is 30.2 Å². The third kappa shape index (κ3) is 3.79. The average molecular weight is 261 g/mol. The molecule has 0 aliphatic heterocycles. The van der Waals surface area contributed by atoms with E-state index in [1.807, 2.05) is 24.3 Å². The van der Waals surface area contributed by atoms with E-state index in [4.69, 9.17) is 9.26 Å². The molecule has 1 heterocycles. The summed E-state index contributed by atoms with van der Waals surface area (Å²) in [5.74, 6) is 2.02. The first-order valence-electron chi connectivity index (χ1n) is 6.39. The van der Waals surface area contributed by atoms with E-state index >= 15 is 0 Å². The van der Waals surface area contributed by atoms with Gasteiger partial charge in [-0.15, -0.1) is 0 Å². The van der Waals surface area contributed by atoms with Gasteiger partial charge >= 0.3 is 0 Å². The molecule has 0 bridgehead atoms. The SMILES string of the molecule is COc1cccc(-c2noc(CCNC(C)C)n2)c1. The fraction of sp³-hybridized carbons (Fsp3) is 0.429. The molecule has 0 saturated carbocycles. The van der Waals surface area contributed by atoms with Gasteiger partial charge in [0.25, 0.3) is 0 Å². The van der Waals surface area contributed by atoms with Crippen molar-refractivity contribution in [1.82, 2.24) is 15.5 Å². The van der Waals surface area contributed by atoms with Gasteiger partial charge in [-0.2, -0.15) is 4.98 Å². The third-order valence-electron chi connectivity index (χ3n) is 2.69. The Labute approximate surface area is 113 Å². The number of nitrogens with one attached hydrogen (secondary N) is 1. The fourth-order valence-corrected chi connectivity index (χ4v) is 1.70. The first kappa shape index (κ1) is 13.5. The maximum atomic E-state index is 5.23. The zero-order valence-corrected chi connectivity index (χ0v) is 11.5. The third-order valence-corrected chi connectivity index (χ3v) is 2.69. The minimum absolute atomic E-state index is 0.459. The maximum absolute atomic E-state index is 5.23. The van der Waals surface area contributed by atoms with Crippen LogP contribution in [0.4, 0.5) is 0 Å². The van der Waals surface area contributed by atoms with E-state index < -0.39 is 0 Å². The Morgan fingerprint density at radius 1 is 1.37 bits per heavy atom. The van der Waals surface area contributed by atoms with Crippen molar-refractivity contribution >= 4 is 0 Å². The van der Waals surface area contributed by atoms with Gasteiger partial charge in [-0.25, -0.2) is 0 Å². The Bertz CT molecular complexity index is 523. The van der Waals surface area contributed by atoms with E-state index in [1.54, 1.807) is 7.11 Å². The molecule has 0 aliphatic rings. The number of ether oxygens (including phenoxy) is 1. The largest absolute Gasteiger partial charge is 0.497 e. The molecule has 2 rings (SSSR count). The number of hydrogen-bond donors (Lipinski definition) is 1. The zero-order valence-electron chi connectivity index (χ0n) is 11.5. The molecule has 5 heteroatoms. The van der Waals surface area contributed by atoms with Crippen LogP contribution in [0.1, 0.15) is 19.7 Å². The van der Waals surface area contributed by atoms with Gasteiger partial charge in [0.1, 0.15) is 5.75 Å². The van der Waals surface area contributed by atoms with E-state index in [-0.39, 0.29) is 0 Å². The molecule has 1 N–H and O–H groups in total. The van der Waals surface area contributed by atoms with Crippen LogP contribution < -0.4 is 10.1 Å². The molecule has 0 unspecified atom stereocenters. The van der Waals surface area contributed by atoms with Gasteiger partial charge in [-0.1, -0.05) is 31.1 Å². The first-order valence-corrected chi connectivity index (χ1v) is 6.39.